The number of aryl methyl sites for hydroxylation is 1. The van der Waals surface area contributed by atoms with Crippen LogP contribution in [-0.4, -0.2) is 19.0 Å². The number of pyridine rings is 1. The summed E-state index contributed by atoms with van der Waals surface area (Å²) in [5.41, 5.74) is 2.48. The third kappa shape index (κ3) is 9.70. The summed E-state index contributed by atoms with van der Waals surface area (Å²) in [5, 5.41) is 3.91. The zero-order chi connectivity index (χ0) is 33.1. The molecule has 7 nitrogen and oxygen atoms in total. The predicted octanol–water partition coefficient (Wildman–Crippen LogP) is 9.38. The lowest BCUT2D eigenvalue weighted by Gasteiger charge is -2.43. The molecule has 7 heteroatoms. The molecule has 2 aromatic heterocycles. The number of furan rings is 1. The lowest BCUT2D eigenvalue weighted by atomic mass is 9.62. The molecule has 0 aliphatic heterocycles. The lowest BCUT2D eigenvalue weighted by Crippen LogP contribution is -2.33. The largest absolute Gasteiger partial charge is 0.486 e. The summed E-state index contributed by atoms with van der Waals surface area (Å²) in [5.74, 6) is 3.58. The first-order chi connectivity index (χ1) is 22.1. The van der Waals surface area contributed by atoms with Crippen LogP contribution in [0.3, 0.4) is 0 Å². The standard InChI is InChI=1S/C39H54N2O5/c1-7-31-26-32-18-24-45-37(32)38(36(31)46-27-42)44-23-10-20-41-21-16-33(17-22-41)40-35(43)25-29(3)12-8-11-28(2)14-15-34-30(4)13-9-19-39(34,5)6/h7,16-18,21-22,24,26-30,34H,1,8-15,19-20,23,25H2,2-6H3/p+1. The average Bonchev–Trinajstić information content (AvgIpc) is 3.48. The van der Waals surface area contributed by atoms with Crippen LogP contribution < -0.4 is 19.4 Å². The molecule has 1 aliphatic rings. The van der Waals surface area contributed by atoms with Gasteiger partial charge in [-0.1, -0.05) is 85.8 Å². The molecular formula is C39H55N2O5+. The number of fused-ring (bicyclic) bond motifs is 1. The van der Waals surface area contributed by atoms with Gasteiger partial charge < -0.3 is 19.2 Å². The summed E-state index contributed by atoms with van der Waals surface area (Å²) in [4.78, 5) is 23.8. The van der Waals surface area contributed by atoms with Crippen LogP contribution in [0, 0.1) is 29.1 Å². The Morgan fingerprint density at radius 2 is 1.89 bits per heavy atom. The SMILES string of the molecule is C=Cc1cc2ccoc2c(OCCC[n+]2ccc(NC(=O)CC(C)CCCC(C)CCC3C(C)CCCC3(C)C)cc2)c1OC=O. The quantitative estimate of drug-likeness (QED) is 0.0859. The van der Waals surface area contributed by atoms with Gasteiger partial charge in [0.05, 0.1) is 18.6 Å². The summed E-state index contributed by atoms with van der Waals surface area (Å²) in [6, 6.07) is 7.53. The third-order valence-electron chi connectivity index (χ3n) is 10.1. The molecule has 1 fully saturated rings. The Morgan fingerprint density at radius 3 is 2.61 bits per heavy atom. The highest BCUT2D eigenvalue weighted by Crippen LogP contribution is 2.46. The summed E-state index contributed by atoms with van der Waals surface area (Å²) < 4.78 is 18.9. The zero-order valence-corrected chi connectivity index (χ0v) is 28.7. The molecule has 0 bridgehead atoms. The molecule has 1 saturated carbocycles. The van der Waals surface area contributed by atoms with E-state index in [1.165, 1.54) is 44.9 Å². The summed E-state index contributed by atoms with van der Waals surface area (Å²) >= 11 is 0. The van der Waals surface area contributed by atoms with Crippen molar-refractivity contribution in [3.63, 3.8) is 0 Å². The van der Waals surface area contributed by atoms with Crippen molar-refractivity contribution >= 4 is 35.1 Å². The first kappa shape index (κ1) is 35.2. The fraction of sp³-hybridized carbons (Fsp3) is 0.564. The van der Waals surface area contributed by atoms with Crippen LogP contribution in [0.5, 0.6) is 11.5 Å². The van der Waals surface area contributed by atoms with Crippen molar-refractivity contribution < 1.29 is 28.0 Å². The first-order valence-electron chi connectivity index (χ1n) is 17.3. The summed E-state index contributed by atoms with van der Waals surface area (Å²) in [6.45, 7) is 17.3. The van der Waals surface area contributed by atoms with Gasteiger partial charge in [-0.15, -0.1) is 0 Å². The second-order valence-corrected chi connectivity index (χ2v) is 14.3. The van der Waals surface area contributed by atoms with Crippen LogP contribution in [0.1, 0.15) is 104 Å². The second-order valence-electron chi connectivity index (χ2n) is 14.3. The minimum absolute atomic E-state index is 0.0690. The molecule has 0 radical (unpaired) electrons. The normalized spacial score (nSPS) is 18.9. The molecule has 46 heavy (non-hydrogen) atoms. The van der Waals surface area contributed by atoms with E-state index in [-0.39, 0.29) is 5.91 Å². The average molecular weight is 632 g/mol. The van der Waals surface area contributed by atoms with Gasteiger partial charge in [0.15, 0.2) is 30.3 Å². The second kappa shape index (κ2) is 16.8. The van der Waals surface area contributed by atoms with Gasteiger partial charge in [0.2, 0.25) is 11.7 Å². The number of carbonyl (C=O) groups is 2. The van der Waals surface area contributed by atoms with Gasteiger partial charge in [-0.05, 0) is 54.1 Å². The fourth-order valence-corrected chi connectivity index (χ4v) is 7.41. The number of hydrogen-bond donors (Lipinski definition) is 1. The van der Waals surface area contributed by atoms with Gasteiger partial charge in [0, 0.05) is 35.9 Å². The van der Waals surface area contributed by atoms with Crippen molar-refractivity contribution in [3.05, 3.63) is 55.1 Å². The van der Waals surface area contributed by atoms with Crippen LogP contribution in [0.2, 0.25) is 0 Å². The molecule has 2 heterocycles. The molecule has 4 rings (SSSR count). The van der Waals surface area contributed by atoms with E-state index in [1.54, 1.807) is 12.3 Å². The number of anilines is 1. The number of rotatable bonds is 18. The Hall–Kier alpha value is -3.61. The van der Waals surface area contributed by atoms with E-state index in [0.717, 1.165) is 35.2 Å². The highest BCUT2D eigenvalue weighted by molar-refractivity contribution is 5.91. The Morgan fingerprint density at radius 1 is 1.13 bits per heavy atom. The number of benzene rings is 1. The molecule has 3 aromatic rings. The van der Waals surface area contributed by atoms with E-state index >= 15 is 0 Å². The lowest BCUT2D eigenvalue weighted by molar-refractivity contribution is -0.697. The van der Waals surface area contributed by atoms with Crippen molar-refractivity contribution in [2.24, 2.45) is 29.1 Å². The fourth-order valence-electron chi connectivity index (χ4n) is 7.41. The first-order valence-corrected chi connectivity index (χ1v) is 17.3. The van der Waals surface area contributed by atoms with Gasteiger partial charge in [0.1, 0.15) is 0 Å². The van der Waals surface area contributed by atoms with Crippen LogP contribution in [0.25, 0.3) is 17.0 Å². The number of aromatic nitrogens is 1. The molecule has 0 spiro atoms. The van der Waals surface area contributed by atoms with E-state index in [1.807, 2.05) is 41.2 Å². The highest BCUT2D eigenvalue weighted by atomic mass is 16.5. The molecular weight excluding hydrogens is 576 g/mol. The van der Waals surface area contributed by atoms with E-state index in [9.17, 15) is 9.59 Å². The van der Waals surface area contributed by atoms with Crippen molar-refractivity contribution in [3.8, 4) is 11.5 Å². The van der Waals surface area contributed by atoms with Gasteiger partial charge in [0.25, 0.3) is 6.47 Å². The third-order valence-corrected chi connectivity index (χ3v) is 10.1. The minimum Gasteiger partial charge on any atom is -0.486 e. The molecule has 1 N–H and O–H groups in total. The van der Waals surface area contributed by atoms with Crippen molar-refractivity contribution in [1.82, 2.24) is 0 Å². The molecule has 4 unspecified atom stereocenters. The topological polar surface area (TPSA) is 81.7 Å². The maximum absolute atomic E-state index is 12.7. The molecule has 1 aliphatic carbocycles. The number of ether oxygens (including phenoxy) is 2. The number of carbonyl (C=O) groups excluding carboxylic acids is 2. The molecule has 1 aromatic carbocycles. The van der Waals surface area contributed by atoms with E-state index < -0.39 is 0 Å². The van der Waals surface area contributed by atoms with Crippen molar-refractivity contribution in [2.45, 2.75) is 105 Å². The molecule has 1 amide bonds. The summed E-state index contributed by atoms with van der Waals surface area (Å²) in [7, 11) is 0. The monoisotopic (exact) mass is 631 g/mol. The zero-order valence-electron chi connectivity index (χ0n) is 28.7. The van der Waals surface area contributed by atoms with Gasteiger partial charge in [-0.2, -0.15) is 0 Å². The Bertz CT molecular complexity index is 1430. The van der Waals surface area contributed by atoms with Crippen LogP contribution in [-0.2, 0) is 16.1 Å². The van der Waals surface area contributed by atoms with E-state index in [2.05, 4.69) is 46.5 Å². The number of amides is 1. The molecule has 4 atom stereocenters. The van der Waals surface area contributed by atoms with Crippen molar-refractivity contribution in [1.29, 1.82) is 0 Å². The maximum Gasteiger partial charge on any atom is 0.298 e. The highest BCUT2D eigenvalue weighted by Gasteiger charge is 2.36. The Labute approximate surface area is 275 Å². The van der Waals surface area contributed by atoms with Crippen molar-refractivity contribution in [2.75, 3.05) is 11.9 Å². The van der Waals surface area contributed by atoms with Gasteiger partial charge in [-0.3, -0.25) is 9.59 Å². The summed E-state index contributed by atoms with van der Waals surface area (Å²) in [6.07, 6.45) is 18.7. The smallest absolute Gasteiger partial charge is 0.298 e. The van der Waals surface area contributed by atoms with Crippen LogP contribution in [0.15, 0.2) is 53.9 Å². The Balaban J connectivity index is 1.14. The van der Waals surface area contributed by atoms with E-state index in [0.29, 0.717) is 66.4 Å². The van der Waals surface area contributed by atoms with Gasteiger partial charge in [-0.25, -0.2) is 4.57 Å². The molecule has 250 valence electrons. The minimum atomic E-state index is 0.0690. The number of hydrogen-bond acceptors (Lipinski definition) is 5. The van der Waals surface area contributed by atoms with E-state index in [4.69, 9.17) is 13.9 Å². The maximum atomic E-state index is 12.7. The number of nitrogens with one attached hydrogen (secondary N) is 1. The van der Waals surface area contributed by atoms with Gasteiger partial charge >= 0.3 is 0 Å². The predicted molar refractivity (Wildman–Crippen MR) is 185 cm³/mol. The molecule has 0 saturated heterocycles. The van der Waals surface area contributed by atoms with Crippen LogP contribution >= 0.6 is 0 Å². The number of nitrogens with zero attached hydrogens (tertiary/aromatic N) is 1. The van der Waals surface area contributed by atoms with Crippen LogP contribution in [0.4, 0.5) is 5.69 Å². The Kier molecular flexibility index (Phi) is 12.9.